The minimum absolute atomic E-state index is 0.379. The van der Waals surface area contributed by atoms with E-state index in [1.807, 2.05) is 42.5 Å². The van der Waals surface area contributed by atoms with Crippen molar-refractivity contribution < 1.29 is 9.53 Å². The monoisotopic (exact) mass is 376 g/mol. The number of methoxy groups -OCH3 is 1. The maximum absolute atomic E-state index is 11.8. The fourth-order valence-corrected chi connectivity index (χ4v) is 2.63. The molecule has 6 heteroatoms. The minimum atomic E-state index is -0.379. The molecule has 0 fully saturated rings. The predicted molar refractivity (Wildman–Crippen MR) is 112 cm³/mol. The van der Waals surface area contributed by atoms with Crippen LogP contribution in [0.4, 0.5) is 17.5 Å². The van der Waals surface area contributed by atoms with Crippen LogP contribution in [0.15, 0.2) is 60.7 Å². The summed E-state index contributed by atoms with van der Waals surface area (Å²) < 4.78 is 4.79. The van der Waals surface area contributed by atoms with Crippen molar-refractivity contribution in [2.24, 2.45) is 5.92 Å². The quantitative estimate of drug-likeness (QED) is 0.580. The molecule has 2 aromatic carbocycles. The van der Waals surface area contributed by atoms with Crippen LogP contribution in [-0.2, 0) is 4.74 Å². The normalized spacial score (nSPS) is 10.6. The molecule has 144 valence electrons. The Morgan fingerprint density at radius 3 is 2.54 bits per heavy atom. The Bertz CT molecular complexity index is 942. The first-order chi connectivity index (χ1) is 13.5. The zero-order valence-corrected chi connectivity index (χ0v) is 16.3. The number of esters is 1. The molecule has 0 saturated carbocycles. The van der Waals surface area contributed by atoms with Crippen molar-refractivity contribution in [3.05, 3.63) is 66.2 Å². The highest BCUT2D eigenvalue weighted by atomic mass is 16.5. The number of anilines is 3. The second-order valence-corrected chi connectivity index (χ2v) is 6.80. The molecule has 0 spiro atoms. The van der Waals surface area contributed by atoms with E-state index < -0.39 is 0 Å². The molecule has 0 aliphatic carbocycles. The Morgan fingerprint density at radius 1 is 1.04 bits per heavy atom. The molecule has 0 aliphatic rings. The molecule has 0 aliphatic heterocycles. The van der Waals surface area contributed by atoms with Crippen LogP contribution in [0.2, 0.25) is 0 Å². The van der Waals surface area contributed by atoms with Crippen molar-refractivity contribution in [3.63, 3.8) is 0 Å². The number of hydrogen-bond acceptors (Lipinski definition) is 6. The van der Waals surface area contributed by atoms with E-state index in [2.05, 4.69) is 34.4 Å². The highest BCUT2D eigenvalue weighted by molar-refractivity contribution is 5.90. The van der Waals surface area contributed by atoms with Gasteiger partial charge in [0.1, 0.15) is 5.82 Å². The maximum atomic E-state index is 11.8. The summed E-state index contributed by atoms with van der Waals surface area (Å²) in [5.74, 6) is 1.29. The van der Waals surface area contributed by atoms with Gasteiger partial charge in [-0.15, -0.1) is 0 Å². The second-order valence-electron chi connectivity index (χ2n) is 6.80. The minimum Gasteiger partial charge on any atom is -0.465 e. The van der Waals surface area contributed by atoms with Crippen LogP contribution >= 0.6 is 0 Å². The number of nitrogens with one attached hydrogen (secondary N) is 2. The average molecular weight is 376 g/mol. The van der Waals surface area contributed by atoms with Crippen LogP contribution < -0.4 is 10.6 Å². The SMILES string of the molecule is COC(=O)c1cccc(Nc2cc(-c3ccccc3)nc(NCC(C)C)n2)c1. The van der Waals surface area contributed by atoms with Gasteiger partial charge in [0.15, 0.2) is 0 Å². The molecule has 0 amide bonds. The van der Waals surface area contributed by atoms with E-state index in [0.717, 1.165) is 23.5 Å². The molecule has 6 nitrogen and oxygen atoms in total. The van der Waals surface area contributed by atoms with Crippen LogP contribution in [0.3, 0.4) is 0 Å². The highest BCUT2D eigenvalue weighted by Crippen LogP contribution is 2.24. The van der Waals surface area contributed by atoms with E-state index in [4.69, 9.17) is 4.74 Å². The highest BCUT2D eigenvalue weighted by Gasteiger charge is 2.10. The topological polar surface area (TPSA) is 76.1 Å². The Kier molecular flexibility index (Phi) is 6.22. The van der Waals surface area contributed by atoms with E-state index in [0.29, 0.717) is 23.2 Å². The van der Waals surface area contributed by atoms with Crippen LogP contribution in [0.5, 0.6) is 0 Å². The average Bonchev–Trinajstić information content (AvgIpc) is 2.72. The van der Waals surface area contributed by atoms with E-state index >= 15 is 0 Å². The number of nitrogens with zero attached hydrogens (tertiary/aromatic N) is 2. The molecule has 1 aromatic heterocycles. The summed E-state index contributed by atoms with van der Waals surface area (Å²) in [6, 6.07) is 19.0. The second kappa shape index (κ2) is 8.99. The number of ether oxygens (including phenoxy) is 1. The van der Waals surface area contributed by atoms with E-state index in [-0.39, 0.29) is 5.97 Å². The van der Waals surface area contributed by atoms with Crippen LogP contribution in [0.1, 0.15) is 24.2 Å². The fourth-order valence-electron chi connectivity index (χ4n) is 2.63. The smallest absolute Gasteiger partial charge is 0.337 e. The maximum Gasteiger partial charge on any atom is 0.337 e. The van der Waals surface area contributed by atoms with Gasteiger partial charge in [-0.05, 0) is 24.1 Å². The van der Waals surface area contributed by atoms with Crippen molar-refractivity contribution in [1.29, 1.82) is 0 Å². The van der Waals surface area contributed by atoms with Crippen LogP contribution in [0, 0.1) is 5.92 Å². The van der Waals surface area contributed by atoms with E-state index in [1.165, 1.54) is 7.11 Å². The largest absolute Gasteiger partial charge is 0.465 e. The van der Waals surface area contributed by atoms with E-state index in [1.54, 1.807) is 18.2 Å². The molecule has 1 heterocycles. The third-order valence-electron chi connectivity index (χ3n) is 4.02. The summed E-state index contributed by atoms with van der Waals surface area (Å²) in [6.45, 7) is 5.03. The van der Waals surface area contributed by atoms with E-state index in [9.17, 15) is 4.79 Å². The molecule has 0 saturated heterocycles. The molecule has 2 N–H and O–H groups in total. The molecule has 3 rings (SSSR count). The number of benzene rings is 2. The zero-order chi connectivity index (χ0) is 19.9. The Balaban J connectivity index is 1.93. The van der Waals surface area contributed by atoms with Crippen molar-refractivity contribution >= 4 is 23.4 Å². The third kappa shape index (κ3) is 5.07. The number of rotatable bonds is 7. The first-order valence-corrected chi connectivity index (χ1v) is 9.19. The Morgan fingerprint density at radius 2 is 1.82 bits per heavy atom. The molecule has 0 bridgehead atoms. The number of aromatic nitrogens is 2. The first kappa shape index (κ1) is 19.4. The molecule has 28 heavy (non-hydrogen) atoms. The van der Waals surface area contributed by atoms with Gasteiger partial charge in [-0.3, -0.25) is 0 Å². The fraction of sp³-hybridized carbons (Fsp3) is 0.227. The molecule has 0 radical (unpaired) electrons. The number of carbonyl (C=O) groups is 1. The van der Waals surface area contributed by atoms with Gasteiger partial charge in [0.05, 0.1) is 18.4 Å². The predicted octanol–water partition coefficient (Wildman–Crippen LogP) is 4.74. The van der Waals surface area contributed by atoms with Crippen molar-refractivity contribution in [3.8, 4) is 11.3 Å². The van der Waals surface area contributed by atoms with Crippen molar-refractivity contribution in [2.45, 2.75) is 13.8 Å². The molecular formula is C22H24N4O2. The summed E-state index contributed by atoms with van der Waals surface area (Å²) in [5, 5.41) is 6.55. The standard InChI is InChI=1S/C22H24N4O2/c1-15(2)14-23-22-25-19(16-8-5-4-6-9-16)13-20(26-22)24-18-11-7-10-17(12-18)21(27)28-3/h4-13,15H,14H2,1-3H3,(H2,23,24,25,26). The van der Waals surface area contributed by atoms with Crippen LogP contribution in [0.25, 0.3) is 11.3 Å². The lowest BCUT2D eigenvalue weighted by Crippen LogP contribution is -2.11. The van der Waals surface area contributed by atoms with Gasteiger partial charge in [0.25, 0.3) is 0 Å². The van der Waals surface area contributed by atoms with Gasteiger partial charge in [-0.1, -0.05) is 50.2 Å². The Hall–Kier alpha value is -3.41. The third-order valence-corrected chi connectivity index (χ3v) is 4.02. The van der Waals surface area contributed by atoms with Crippen molar-refractivity contribution in [1.82, 2.24) is 9.97 Å². The zero-order valence-electron chi connectivity index (χ0n) is 16.3. The number of carbonyl (C=O) groups excluding carboxylic acids is 1. The summed E-state index contributed by atoms with van der Waals surface area (Å²) in [6.07, 6.45) is 0. The van der Waals surface area contributed by atoms with Gasteiger partial charge < -0.3 is 15.4 Å². The lowest BCUT2D eigenvalue weighted by atomic mass is 10.1. The summed E-state index contributed by atoms with van der Waals surface area (Å²) >= 11 is 0. The Labute approximate surface area is 165 Å². The summed E-state index contributed by atoms with van der Waals surface area (Å²) in [4.78, 5) is 21.0. The molecular weight excluding hydrogens is 352 g/mol. The molecule has 3 aromatic rings. The summed E-state index contributed by atoms with van der Waals surface area (Å²) in [5.41, 5.74) is 3.04. The lowest BCUT2D eigenvalue weighted by molar-refractivity contribution is 0.0601. The number of hydrogen-bond donors (Lipinski definition) is 2. The van der Waals surface area contributed by atoms with Crippen LogP contribution in [-0.4, -0.2) is 29.6 Å². The molecule has 0 unspecified atom stereocenters. The van der Waals surface area contributed by atoms with Gasteiger partial charge in [-0.2, -0.15) is 4.98 Å². The van der Waals surface area contributed by atoms with Gasteiger partial charge in [0, 0.05) is 23.9 Å². The van der Waals surface area contributed by atoms with Gasteiger partial charge in [0.2, 0.25) is 5.95 Å². The first-order valence-electron chi connectivity index (χ1n) is 9.19. The molecule has 0 atom stereocenters. The van der Waals surface area contributed by atoms with Gasteiger partial charge >= 0.3 is 5.97 Å². The lowest BCUT2D eigenvalue weighted by Gasteiger charge is -2.13. The van der Waals surface area contributed by atoms with Crippen molar-refractivity contribution in [2.75, 3.05) is 24.3 Å². The summed E-state index contributed by atoms with van der Waals surface area (Å²) in [7, 11) is 1.37. The van der Waals surface area contributed by atoms with Gasteiger partial charge in [-0.25, -0.2) is 9.78 Å².